The number of amides is 1. The van der Waals surface area contributed by atoms with Crippen molar-refractivity contribution in [2.75, 3.05) is 11.4 Å². The van der Waals surface area contributed by atoms with E-state index in [-0.39, 0.29) is 22.8 Å². The first kappa shape index (κ1) is 19.6. The van der Waals surface area contributed by atoms with Gasteiger partial charge in [0.1, 0.15) is 0 Å². The molecule has 1 aliphatic heterocycles. The summed E-state index contributed by atoms with van der Waals surface area (Å²) >= 11 is 7.74. The Hall–Kier alpha value is -2.31. The van der Waals surface area contributed by atoms with Gasteiger partial charge in [0, 0.05) is 12.6 Å². The summed E-state index contributed by atoms with van der Waals surface area (Å²) in [4.78, 5) is 33.1. The van der Waals surface area contributed by atoms with Crippen molar-refractivity contribution in [2.45, 2.75) is 48.6 Å². The maximum absolute atomic E-state index is 13.3. The Morgan fingerprint density at radius 3 is 2.50 bits per heavy atom. The number of hydrogen-bond donors (Lipinski definition) is 0. The molecule has 154 valence electrons. The first-order chi connectivity index (χ1) is 14.6. The van der Waals surface area contributed by atoms with E-state index in [1.165, 1.54) is 11.8 Å². The number of halogens is 1. The fourth-order valence-corrected chi connectivity index (χ4v) is 5.93. The van der Waals surface area contributed by atoms with Gasteiger partial charge in [-0.1, -0.05) is 60.5 Å². The summed E-state index contributed by atoms with van der Waals surface area (Å²) in [6.45, 7) is 0.613. The lowest BCUT2D eigenvalue weighted by molar-refractivity contribution is -0.116. The summed E-state index contributed by atoms with van der Waals surface area (Å²) in [5.74, 6) is 0.0217. The van der Waals surface area contributed by atoms with Crippen LogP contribution in [0.5, 0.6) is 0 Å². The normalized spacial score (nSPS) is 19.8. The van der Waals surface area contributed by atoms with Crippen LogP contribution in [0.3, 0.4) is 0 Å². The Labute approximate surface area is 184 Å². The highest BCUT2D eigenvalue weighted by Crippen LogP contribution is 2.37. The molecule has 2 aliphatic rings. The van der Waals surface area contributed by atoms with Crippen LogP contribution in [0.25, 0.3) is 10.9 Å². The fourth-order valence-electron chi connectivity index (χ4n) is 4.49. The van der Waals surface area contributed by atoms with Crippen molar-refractivity contribution in [1.82, 2.24) is 9.55 Å². The van der Waals surface area contributed by atoms with Gasteiger partial charge in [0.25, 0.3) is 5.56 Å². The zero-order valence-electron chi connectivity index (χ0n) is 16.5. The van der Waals surface area contributed by atoms with Crippen LogP contribution in [0.4, 0.5) is 5.69 Å². The van der Waals surface area contributed by atoms with E-state index in [0.717, 1.165) is 31.4 Å². The summed E-state index contributed by atoms with van der Waals surface area (Å²) in [6.07, 6.45) is 4.91. The lowest BCUT2D eigenvalue weighted by atomic mass is 10.2. The molecule has 0 spiro atoms. The Kier molecular flexibility index (Phi) is 5.29. The third-order valence-corrected chi connectivity index (χ3v) is 7.55. The molecule has 1 atom stereocenters. The molecule has 0 N–H and O–H groups in total. The van der Waals surface area contributed by atoms with Crippen LogP contribution in [0.15, 0.2) is 58.5 Å². The van der Waals surface area contributed by atoms with Crippen molar-refractivity contribution >= 4 is 45.9 Å². The van der Waals surface area contributed by atoms with Gasteiger partial charge in [-0.05, 0) is 43.5 Å². The smallest absolute Gasteiger partial charge is 0.262 e. The van der Waals surface area contributed by atoms with E-state index in [1.807, 2.05) is 47.0 Å². The van der Waals surface area contributed by atoms with E-state index in [4.69, 9.17) is 16.6 Å². The van der Waals surface area contributed by atoms with Crippen LogP contribution in [-0.4, -0.2) is 27.3 Å². The second-order valence-electron chi connectivity index (χ2n) is 7.86. The molecule has 1 unspecified atom stereocenters. The van der Waals surface area contributed by atoms with Crippen molar-refractivity contribution in [3.05, 3.63) is 63.9 Å². The SMILES string of the molecule is O=C1C(Sc2nc3ccccc3c(=O)n2C2CCCC2)CCN1c1ccccc1Cl. The summed E-state index contributed by atoms with van der Waals surface area (Å²) in [7, 11) is 0. The third kappa shape index (κ3) is 3.42. The topological polar surface area (TPSA) is 55.2 Å². The molecule has 0 radical (unpaired) electrons. The van der Waals surface area contributed by atoms with Crippen molar-refractivity contribution in [3.63, 3.8) is 0 Å². The Morgan fingerprint density at radius 2 is 1.70 bits per heavy atom. The summed E-state index contributed by atoms with van der Waals surface area (Å²) in [5.41, 5.74) is 1.43. The maximum atomic E-state index is 13.3. The van der Waals surface area contributed by atoms with Crippen LogP contribution in [0.2, 0.25) is 5.02 Å². The largest absolute Gasteiger partial charge is 0.310 e. The lowest BCUT2D eigenvalue weighted by Crippen LogP contribution is -2.30. The number of benzene rings is 2. The highest BCUT2D eigenvalue weighted by Gasteiger charge is 2.36. The summed E-state index contributed by atoms with van der Waals surface area (Å²) in [5, 5.41) is 1.60. The first-order valence-electron chi connectivity index (χ1n) is 10.4. The number of aromatic nitrogens is 2. The van der Waals surface area contributed by atoms with Crippen LogP contribution in [0, 0.1) is 0 Å². The Balaban J connectivity index is 1.51. The number of fused-ring (bicyclic) bond motifs is 1. The van der Waals surface area contributed by atoms with Gasteiger partial charge in [0.2, 0.25) is 5.91 Å². The van der Waals surface area contributed by atoms with Crippen molar-refractivity contribution in [3.8, 4) is 0 Å². The van der Waals surface area contributed by atoms with E-state index >= 15 is 0 Å². The van der Waals surface area contributed by atoms with E-state index in [2.05, 4.69) is 0 Å². The predicted octanol–water partition coefficient (Wildman–Crippen LogP) is 5.06. The average molecular weight is 440 g/mol. The predicted molar refractivity (Wildman–Crippen MR) is 122 cm³/mol. The zero-order chi connectivity index (χ0) is 20.7. The molecular weight excluding hydrogens is 418 g/mol. The fraction of sp³-hybridized carbons (Fsp3) is 0.348. The third-order valence-electron chi connectivity index (χ3n) is 6.01. The van der Waals surface area contributed by atoms with Crippen molar-refractivity contribution in [2.24, 2.45) is 0 Å². The molecule has 30 heavy (non-hydrogen) atoms. The van der Waals surface area contributed by atoms with Gasteiger partial charge >= 0.3 is 0 Å². The van der Waals surface area contributed by atoms with Gasteiger partial charge in [-0.25, -0.2) is 4.98 Å². The number of carbonyl (C=O) groups is 1. The monoisotopic (exact) mass is 439 g/mol. The number of hydrogen-bond acceptors (Lipinski definition) is 4. The van der Waals surface area contributed by atoms with E-state index in [0.29, 0.717) is 34.0 Å². The second kappa shape index (κ2) is 8.08. The molecule has 2 aromatic carbocycles. The van der Waals surface area contributed by atoms with E-state index < -0.39 is 0 Å². The number of nitrogens with zero attached hydrogens (tertiary/aromatic N) is 3. The zero-order valence-corrected chi connectivity index (χ0v) is 18.0. The van der Waals surface area contributed by atoms with E-state index in [9.17, 15) is 9.59 Å². The Morgan fingerprint density at radius 1 is 0.967 bits per heavy atom. The number of para-hydroxylation sites is 2. The highest BCUT2D eigenvalue weighted by atomic mass is 35.5. The van der Waals surface area contributed by atoms with Crippen molar-refractivity contribution < 1.29 is 4.79 Å². The summed E-state index contributed by atoms with van der Waals surface area (Å²) < 4.78 is 1.85. The second-order valence-corrected chi connectivity index (χ2v) is 9.44. The molecule has 0 bridgehead atoms. The Bertz CT molecular complexity index is 1170. The quantitative estimate of drug-likeness (QED) is 0.533. The summed E-state index contributed by atoms with van der Waals surface area (Å²) in [6, 6.07) is 15.0. The first-order valence-corrected chi connectivity index (χ1v) is 11.6. The van der Waals surface area contributed by atoms with Gasteiger partial charge in [-0.2, -0.15) is 0 Å². The van der Waals surface area contributed by atoms with Gasteiger partial charge < -0.3 is 4.90 Å². The van der Waals surface area contributed by atoms with Gasteiger partial charge in [0.05, 0.1) is 26.9 Å². The molecular formula is C23H22ClN3O2S. The van der Waals surface area contributed by atoms with Gasteiger partial charge in [-0.3, -0.25) is 14.2 Å². The standard InChI is InChI=1S/C23H22ClN3O2S/c24-17-10-4-6-12-19(17)26-14-13-20(22(26)29)30-23-25-18-11-5-3-9-16(18)21(28)27(23)15-7-1-2-8-15/h3-6,9-12,15,20H,1-2,7-8,13-14H2. The minimum absolute atomic E-state index is 0.00315. The lowest BCUT2D eigenvalue weighted by Gasteiger charge is -2.21. The van der Waals surface area contributed by atoms with Crippen LogP contribution in [0.1, 0.15) is 38.1 Å². The molecule has 1 aliphatic carbocycles. The number of carbonyl (C=O) groups excluding carboxylic acids is 1. The highest BCUT2D eigenvalue weighted by molar-refractivity contribution is 8.00. The number of anilines is 1. The van der Waals surface area contributed by atoms with Gasteiger partial charge in [-0.15, -0.1) is 0 Å². The molecule has 1 saturated heterocycles. The van der Waals surface area contributed by atoms with E-state index in [1.54, 1.807) is 11.0 Å². The molecule has 2 fully saturated rings. The van der Waals surface area contributed by atoms with Crippen LogP contribution >= 0.6 is 23.4 Å². The van der Waals surface area contributed by atoms with Gasteiger partial charge in [0.15, 0.2) is 5.16 Å². The molecule has 2 heterocycles. The minimum Gasteiger partial charge on any atom is -0.310 e. The van der Waals surface area contributed by atoms with Crippen LogP contribution < -0.4 is 10.5 Å². The molecule has 1 saturated carbocycles. The maximum Gasteiger partial charge on any atom is 0.262 e. The molecule has 7 heteroatoms. The molecule has 5 nitrogen and oxygen atoms in total. The minimum atomic E-state index is -0.276. The molecule has 1 aromatic heterocycles. The average Bonchev–Trinajstić information content (AvgIpc) is 3.40. The molecule has 3 aromatic rings. The molecule has 5 rings (SSSR count). The number of thioether (sulfide) groups is 1. The van der Waals surface area contributed by atoms with Crippen molar-refractivity contribution in [1.29, 1.82) is 0 Å². The molecule has 1 amide bonds. The number of rotatable bonds is 4. The van der Waals surface area contributed by atoms with Crippen LogP contribution in [-0.2, 0) is 4.79 Å².